The Labute approximate surface area is 102 Å². The van der Waals surface area contributed by atoms with E-state index in [1.54, 1.807) is 0 Å². The van der Waals surface area contributed by atoms with Crippen LogP contribution in [0.4, 0.5) is 11.5 Å². The van der Waals surface area contributed by atoms with Crippen molar-refractivity contribution in [2.24, 2.45) is 5.73 Å². The third kappa shape index (κ3) is 2.82. The Morgan fingerprint density at radius 1 is 1.12 bits per heavy atom. The molecule has 2 rings (SSSR count). The number of hydrogen-bond donors (Lipinski definition) is 2. The number of rotatable bonds is 3. The normalized spacial score (nSPS) is 12.2. The summed E-state index contributed by atoms with van der Waals surface area (Å²) in [5, 5.41) is 3.30. The van der Waals surface area contributed by atoms with E-state index in [9.17, 15) is 0 Å². The molecule has 1 unspecified atom stereocenters. The maximum Gasteiger partial charge on any atom is 0.130 e. The Kier molecular flexibility index (Phi) is 3.40. The fourth-order valence-electron chi connectivity index (χ4n) is 1.76. The highest BCUT2D eigenvalue weighted by atomic mass is 15.0. The van der Waals surface area contributed by atoms with Crippen molar-refractivity contribution < 1.29 is 0 Å². The topological polar surface area (TPSA) is 50.9 Å². The van der Waals surface area contributed by atoms with Gasteiger partial charge >= 0.3 is 0 Å². The number of nitrogens with two attached hydrogens (primary N) is 1. The van der Waals surface area contributed by atoms with Crippen LogP contribution in [-0.2, 0) is 0 Å². The van der Waals surface area contributed by atoms with E-state index in [4.69, 9.17) is 5.73 Å². The van der Waals surface area contributed by atoms with Gasteiger partial charge in [0.25, 0.3) is 0 Å². The molecule has 88 valence electrons. The minimum Gasteiger partial charge on any atom is -0.340 e. The lowest BCUT2D eigenvalue weighted by atomic mass is 10.1. The Bertz CT molecular complexity index is 506. The summed E-state index contributed by atoms with van der Waals surface area (Å²) in [6, 6.07) is 13.9. The molecule has 17 heavy (non-hydrogen) atoms. The predicted molar refractivity (Wildman–Crippen MR) is 71.3 cm³/mol. The van der Waals surface area contributed by atoms with Crippen molar-refractivity contribution in [1.82, 2.24) is 4.98 Å². The van der Waals surface area contributed by atoms with Gasteiger partial charge in [0, 0.05) is 17.4 Å². The Balaban J connectivity index is 2.30. The maximum atomic E-state index is 5.94. The number of nitrogens with zero attached hydrogens (tertiary/aromatic N) is 1. The number of nitrogens with one attached hydrogen (secondary N) is 1. The molecule has 0 saturated carbocycles. The molecule has 3 N–H and O–H groups in total. The van der Waals surface area contributed by atoms with Crippen molar-refractivity contribution in [3.63, 3.8) is 0 Å². The van der Waals surface area contributed by atoms with Gasteiger partial charge in [-0.3, -0.25) is 0 Å². The van der Waals surface area contributed by atoms with Crippen LogP contribution in [0, 0.1) is 6.92 Å². The molecule has 0 aliphatic heterocycles. The highest BCUT2D eigenvalue weighted by Crippen LogP contribution is 2.23. The van der Waals surface area contributed by atoms with Crippen molar-refractivity contribution in [2.75, 3.05) is 5.32 Å². The van der Waals surface area contributed by atoms with Crippen LogP contribution in [0.1, 0.15) is 24.2 Å². The zero-order valence-corrected chi connectivity index (χ0v) is 10.1. The van der Waals surface area contributed by atoms with E-state index in [0.29, 0.717) is 0 Å². The summed E-state index contributed by atoms with van der Waals surface area (Å²) < 4.78 is 0. The van der Waals surface area contributed by atoms with Gasteiger partial charge in [-0.05, 0) is 37.6 Å². The molecule has 0 fully saturated rings. The van der Waals surface area contributed by atoms with Crippen LogP contribution >= 0.6 is 0 Å². The third-order valence-corrected chi connectivity index (χ3v) is 2.60. The molecule has 2 aromatic rings. The number of benzene rings is 1. The second-order valence-electron chi connectivity index (χ2n) is 4.17. The molecule has 0 amide bonds. The van der Waals surface area contributed by atoms with Crippen LogP contribution in [-0.4, -0.2) is 4.98 Å². The van der Waals surface area contributed by atoms with Crippen LogP contribution in [0.15, 0.2) is 42.5 Å². The number of hydrogen-bond acceptors (Lipinski definition) is 3. The van der Waals surface area contributed by atoms with Crippen LogP contribution in [0.5, 0.6) is 0 Å². The summed E-state index contributed by atoms with van der Waals surface area (Å²) in [5.74, 6) is 0.845. The number of aryl methyl sites for hydroxylation is 1. The maximum absolute atomic E-state index is 5.94. The van der Waals surface area contributed by atoms with Gasteiger partial charge in [-0.1, -0.05) is 24.3 Å². The van der Waals surface area contributed by atoms with E-state index in [2.05, 4.69) is 10.3 Å². The van der Waals surface area contributed by atoms with Crippen molar-refractivity contribution in [3.8, 4) is 0 Å². The van der Waals surface area contributed by atoms with Crippen LogP contribution < -0.4 is 11.1 Å². The quantitative estimate of drug-likeness (QED) is 0.846. The standard InChI is InChI=1S/C14H17N3/c1-10-6-5-9-14(16-10)17-13-8-4-3-7-12(13)11(2)15/h3-9,11H,15H2,1-2H3,(H,16,17). The molecule has 0 spiro atoms. The molecule has 1 heterocycles. The lowest BCUT2D eigenvalue weighted by molar-refractivity contribution is 0.820. The molecule has 1 atom stereocenters. The second kappa shape index (κ2) is 4.97. The van der Waals surface area contributed by atoms with Gasteiger partial charge in [0.15, 0.2) is 0 Å². The molecule has 0 saturated heterocycles. The van der Waals surface area contributed by atoms with E-state index in [-0.39, 0.29) is 6.04 Å². The van der Waals surface area contributed by atoms with E-state index < -0.39 is 0 Å². The number of anilines is 2. The molecular formula is C14H17N3. The van der Waals surface area contributed by atoms with Crippen LogP contribution in [0.25, 0.3) is 0 Å². The monoisotopic (exact) mass is 227 g/mol. The van der Waals surface area contributed by atoms with E-state index in [0.717, 1.165) is 22.8 Å². The van der Waals surface area contributed by atoms with Crippen LogP contribution in [0.3, 0.4) is 0 Å². The molecule has 0 aliphatic rings. The predicted octanol–water partition coefficient (Wildman–Crippen LogP) is 3.15. The third-order valence-electron chi connectivity index (χ3n) is 2.60. The van der Waals surface area contributed by atoms with Crippen molar-refractivity contribution in [1.29, 1.82) is 0 Å². The Hall–Kier alpha value is -1.87. The lowest BCUT2D eigenvalue weighted by Crippen LogP contribution is -2.08. The molecule has 3 heteroatoms. The molecule has 1 aromatic heterocycles. The van der Waals surface area contributed by atoms with Gasteiger partial charge in [0.2, 0.25) is 0 Å². The molecule has 0 aliphatic carbocycles. The van der Waals surface area contributed by atoms with Gasteiger partial charge in [-0.25, -0.2) is 4.98 Å². The zero-order chi connectivity index (χ0) is 12.3. The number of aromatic nitrogens is 1. The molecule has 1 aromatic carbocycles. The van der Waals surface area contributed by atoms with Crippen molar-refractivity contribution in [3.05, 3.63) is 53.7 Å². The van der Waals surface area contributed by atoms with Crippen LogP contribution in [0.2, 0.25) is 0 Å². The minimum atomic E-state index is 0.00325. The SMILES string of the molecule is Cc1cccc(Nc2ccccc2C(C)N)n1. The largest absolute Gasteiger partial charge is 0.340 e. The van der Waals surface area contributed by atoms with Gasteiger partial charge in [0.05, 0.1) is 0 Å². The smallest absolute Gasteiger partial charge is 0.130 e. The minimum absolute atomic E-state index is 0.00325. The Morgan fingerprint density at radius 3 is 2.59 bits per heavy atom. The average molecular weight is 227 g/mol. The summed E-state index contributed by atoms with van der Waals surface area (Å²) in [4.78, 5) is 4.42. The summed E-state index contributed by atoms with van der Waals surface area (Å²) in [7, 11) is 0. The lowest BCUT2D eigenvalue weighted by Gasteiger charge is -2.14. The first-order chi connectivity index (χ1) is 8.16. The van der Waals surface area contributed by atoms with Gasteiger partial charge < -0.3 is 11.1 Å². The number of para-hydroxylation sites is 1. The fourth-order valence-corrected chi connectivity index (χ4v) is 1.76. The summed E-state index contributed by atoms with van der Waals surface area (Å²) in [5.41, 5.74) is 9.04. The zero-order valence-electron chi connectivity index (χ0n) is 10.1. The van der Waals surface area contributed by atoms with Gasteiger partial charge in [0.1, 0.15) is 5.82 Å². The highest BCUT2D eigenvalue weighted by Gasteiger charge is 2.06. The molecule has 0 bridgehead atoms. The Morgan fingerprint density at radius 2 is 1.88 bits per heavy atom. The fraction of sp³-hybridized carbons (Fsp3) is 0.214. The number of pyridine rings is 1. The summed E-state index contributed by atoms with van der Waals surface area (Å²) in [6.45, 7) is 3.95. The summed E-state index contributed by atoms with van der Waals surface area (Å²) >= 11 is 0. The first-order valence-electron chi connectivity index (χ1n) is 5.72. The van der Waals surface area contributed by atoms with E-state index >= 15 is 0 Å². The van der Waals surface area contributed by atoms with E-state index in [1.807, 2.05) is 56.3 Å². The first-order valence-corrected chi connectivity index (χ1v) is 5.72. The molecule has 0 radical (unpaired) electrons. The summed E-state index contributed by atoms with van der Waals surface area (Å²) in [6.07, 6.45) is 0. The highest BCUT2D eigenvalue weighted by molar-refractivity contribution is 5.61. The van der Waals surface area contributed by atoms with E-state index in [1.165, 1.54) is 0 Å². The average Bonchev–Trinajstić information content (AvgIpc) is 2.29. The molecule has 3 nitrogen and oxygen atoms in total. The van der Waals surface area contributed by atoms with Gasteiger partial charge in [-0.15, -0.1) is 0 Å². The second-order valence-corrected chi connectivity index (χ2v) is 4.17. The van der Waals surface area contributed by atoms with Crippen molar-refractivity contribution >= 4 is 11.5 Å². The molecular weight excluding hydrogens is 210 g/mol. The van der Waals surface area contributed by atoms with Crippen molar-refractivity contribution in [2.45, 2.75) is 19.9 Å². The van der Waals surface area contributed by atoms with Gasteiger partial charge in [-0.2, -0.15) is 0 Å². The first kappa shape index (κ1) is 11.6.